The maximum absolute atomic E-state index is 6.35. The number of aromatic nitrogens is 1. The summed E-state index contributed by atoms with van der Waals surface area (Å²) in [4.78, 5) is 2.54. The molecule has 176 valence electrons. The van der Waals surface area contributed by atoms with E-state index < -0.39 is 0 Å². The monoisotopic (exact) mass is 472 g/mol. The number of benzene rings is 3. The summed E-state index contributed by atoms with van der Waals surface area (Å²) in [5, 5.41) is 1.98. The Labute approximate surface area is 207 Å². The Kier molecular flexibility index (Phi) is 7.22. The molecule has 0 amide bonds. The van der Waals surface area contributed by atoms with E-state index in [-0.39, 0.29) is 0 Å². The van der Waals surface area contributed by atoms with Crippen LogP contribution in [0.2, 0.25) is 5.02 Å². The summed E-state index contributed by atoms with van der Waals surface area (Å²) >= 11 is 6.35. The van der Waals surface area contributed by atoms with Crippen molar-refractivity contribution in [3.8, 4) is 17.0 Å². The second-order valence-electron chi connectivity index (χ2n) is 9.34. The first kappa shape index (κ1) is 23.0. The fraction of sp³-hybridized carbons (Fsp3) is 0.333. The molecule has 0 spiro atoms. The predicted molar refractivity (Wildman–Crippen MR) is 143 cm³/mol. The van der Waals surface area contributed by atoms with E-state index >= 15 is 0 Å². The third-order valence-electron chi connectivity index (χ3n) is 6.96. The third-order valence-corrected chi connectivity index (χ3v) is 7.20. The minimum Gasteiger partial charge on any atom is -0.492 e. The summed E-state index contributed by atoms with van der Waals surface area (Å²) in [5.74, 6) is 0.946. The van der Waals surface area contributed by atoms with Gasteiger partial charge in [-0.15, -0.1) is 0 Å². The quantitative estimate of drug-likeness (QED) is 0.276. The molecule has 1 aliphatic rings. The van der Waals surface area contributed by atoms with Gasteiger partial charge in [0.2, 0.25) is 0 Å². The smallest absolute Gasteiger partial charge is 0.119 e. The Morgan fingerprint density at radius 3 is 2.32 bits per heavy atom. The van der Waals surface area contributed by atoms with Gasteiger partial charge in [-0.05, 0) is 79.9 Å². The van der Waals surface area contributed by atoms with E-state index in [1.807, 2.05) is 6.07 Å². The molecule has 34 heavy (non-hydrogen) atoms. The van der Waals surface area contributed by atoms with Gasteiger partial charge in [0.1, 0.15) is 12.4 Å². The summed E-state index contributed by atoms with van der Waals surface area (Å²) in [6, 6.07) is 25.4. The van der Waals surface area contributed by atoms with Crippen LogP contribution in [0.3, 0.4) is 0 Å². The number of aryl methyl sites for hydroxylation is 1. The van der Waals surface area contributed by atoms with Crippen LogP contribution in [0.15, 0.2) is 72.8 Å². The molecule has 0 aliphatic carbocycles. The number of rotatable bonds is 7. The topological polar surface area (TPSA) is 17.4 Å². The molecule has 0 atom stereocenters. The molecular weight excluding hydrogens is 440 g/mol. The number of hydrogen-bond acceptors (Lipinski definition) is 2. The van der Waals surface area contributed by atoms with Gasteiger partial charge in [-0.25, -0.2) is 0 Å². The number of ether oxygens (including phenoxy) is 1. The lowest BCUT2D eigenvalue weighted by Gasteiger charge is -2.19. The zero-order valence-electron chi connectivity index (χ0n) is 20.0. The van der Waals surface area contributed by atoms with Gasteiger partial charge in [0.25, 0.3) is 0 Å². The van der Waals surface area contributed by atoms with Gasteiger partial charge in [-0.3, -0.25) is 4.90 Å². The first-order valence-electron chi connectivity index (χ1n) is 12.5. The number of likely N-dealkylation sites (tertiary alicyclic amines) is 1. The molecule has 2 heterocycles. The van der Waals surface area contributed by atoms with E-state index in [2.05, 4.69) is 83.1 Å². The Morgan fingerprint density at radius 1 is 0.853 bits per heavy atom. The van der Waals surface area contributed by atoms with Gasteiger partial charge in [0.15, 0.2) is 0 Å². The van der Waals surface area contributed by atoms with Gasteiger partial charge in [-0.1, -0.05) is 66.9 Å². The van der Waals surface area contributed by atoms with Gasteiger partial charge >= 0.3 is 0 Å². The number of halogens is 1. The number of nitrogens with zero attached hydrogens (tertiary/aromatic N) is 2. The van der Waals surface area contributed by atoms with Gasteiger partial charge in [0, 0.05) is 29.0 Å². The molecule has 0 bridgehead atoms. The summed E-state index contributed by atoms with van der Waals surface area (Å²) in [6.45, 7) is 7.17. The van der Waals surface area contributed by atoms with Crippen LogP contribution in [0.25, 0.3) is 22.2 Å². The van der Waals surface area contributed by atoms with Gasteiger partial charge < -0.3 is 9.30 Å². The van der Waals surface area contributed by atoms with Crippen LogP contribution >= 0.6 is 11.6 Å². The molecule has 4 aromatic rings. The lowest BCUT2D eigenvalue weighted by Crippen LogP contribution is -2.29. The largest absolute Gasteiger partial charge is 0.492 e. The molecule has 3 aromatic carbocycles. The molecule has 1 fully saturated rings. The Balaban J connectivity index is 1.34. The molecule has 1 aliphatic heterocycles. The highest BCUT2D eigenvalue weighted by molar-refractivity contribution is 6.31. The van der Waals surface area contributed by atoms with Crippen molar-refractivity contribution in [2.75, 3.05) is 26.2 Å². The molecule has 0 N–H and O–H groups in total. The van der Waals surface area contributed by atoms with Crippen LogP contribution < -0.4 is 4.74 Å². The van der Waals surface area contributed by atoms with Crippen molar-refractivity contribution in [2.45, 2.75) is 39.2 Å². The number of fused-ring (bicyclic) bond motifs is 1. The lowest BCUT2D eigenvalue weighted by atomic mass is 10.1. The molecule has 1 aromatic heterocycles. The average molecular weight is 473 g/mol. The number of hydrogen-bond donors (Lipinski definition) is 0. The SMILES string of the molecule is Cc1c(-c2ccccc2)n(Cc2ccc(OCCN3CCCCCC3)cc2)c2ccc(Cl)cc12. The first-order valence-corrected chi connectivity index (χ1v) is 12.8. The van der Waals surface area contributed by atoms with Crippen molar-refractivity contribution in [2.24, 2.45) is 0 Å². The van der Waals surface area contributed by atoms with Crippen molar-refractivity contribution in [1.82, 2.24) is 9.47 Å². The van der Waals surface area contributed by atoms with Crippen LogP contribution in [-0.4, -0.2) is 35.7 Å². The maximum atomic E-state index is 6.35. The van der Waals surface area contributed by atoms with Crippen molar-refractivity contribution in [3.63, 3.8) is 0 Å². The molecule has 0 unspecified atom stereocenters. The highest BCUT2D eigenvalue weighted by atomic mass is 35.5. The Morgan fingerprint density at radius 2 is 1.59 bits per heavy atom. The van der Waals surface area contributed by atoms with Crippen molar-refractivity contribution >= 4 is 22.5 Å². The van der Waals surface area contributed by atoms with Crippen LogP contribution in [0.5, 0.6) is 5.75 Å². The van der Waals surface area contributed by atoms with Gasteiger partial charge in [0.05, 0.1) is 5.69 Å². The first-order chi connectivity index (χ1) is 16.7. The summed E-state index contributed by atoms with van der Waals surface area (Å²) < 4.78 is 8.48. The van der Waals surface area contributed by atoms with E-state index in [1.54, 1.807) is 0 Å². The lowest BCUT2D eigenvalue weighted by molar-refractivity contribution is 0.214. The van der Waals surface area contributed by atoms with Gasteiger partial charge in [-0.2, -0.15) is 0 Å². The normalized spacial score (nSPS) is 14.9. The van der Waals surface area contributed by atoms with Crippen LogP contribution in [0, 0.1) is 6.92 Å². The predicted octanol–water partition coefficient (Wildman–Crippen LogP) is 7.57. The summed E-state index contributed by atoms with van der Waals surface area (Å²) in [5.41, 5.74) is 6.19. The zero-order valence-corrected chi connectivity index (χ0v) is 20.7. The maximum Gasteiger partial charge on any atom is 0.119 e. The average Bonchev–Trinajstić information content (AvgIpc) is 3.01. The van der Waals surface area contributed by atoms with Crippen LogP contribution in [0.1, 0.15) is 36.8 Å². The van der Waals surface area contributed by atoms with E-state index in [1.165, 1.54) is 72.1 Å². The fourth-order valence-electron chi connectivity index (χ4n) is 5.15. The molecule has 0 radical (unpaired) electrons. The molecule has 1 saturated heterocycles. The summed E-state index contributed by atoms with van der Waals surface area (Å²) in [7, 11) is 0. The van der Waals surface area contributed by atoms with E-state index in [0.717, 1.165) is 30.5 Å². The molecule has 3 nitrogen and oxygen atoms in total. The Hall–Kier alpha value is -2.75. The highest BCUT2D eigenvalue weighted by Crippen LogP contribution is 2.35. The molecule has 0 saturated carbocycles. The van der Waals surface area contributed by atoms with Crippen LogP contribution in [-0.2, 0) is 6.54 Å². The molecular formula is C30H33ClN2O. The van der Waals surface area contributed by atoms with E-state index in [9.17, 15) is 0 Å². The minimum atomic E-state index is 0.750. The highest BCUT2D eigenvalue weighted by Gasteiger charge is 2.16. The minimum absolute atomic E-state index is 0.750. The van der Waals surface area contributed by atoms with Crippen molar-refractivity contribution < 1.29 is 4.74 Å². The summed E-state index contributed by atoms with van der Waals surface area (Å²) in [6.07, 6.45) is 5.38. The molecule has 4 heteroatoms. The van der Waals surface area contributed by atoms with Crippen molar-refractivity contribution in [1.29, 1.82) is 0 Å². The van der Waals surface area contributed by atoms with Crippen LogP contribution in [0.4, 0.5) is 0 Å². The Bertz CT molecular complexity index is 1220. The van der Waals surface area contributed by atoms with Crippen molar-refractivity contribution in [3.05, 3.63) is 88.9 Å². The molecule has 5 rings (SSSR count). The second-order valence-corrected chi connectivity index (χ2v) is 9.77. The van der Waals surface area contributed by atoms with E-state index in [0.29, 0.717) is 0 Å². The third kappa shape index (κ3) is 5.16. The second kappa shape index (κ2) is 10.7. The fourth-order valence-corrected chi connectivity index (χ4v) is 5.33. The zero-order chi connectivity index (χ0) is 23.3. The standard InChI is InChI=1S/C30H33ClN2O/c1-23-28-21-26(31)13-16-29(28)33(30(23)25-9-5-4-6-10-25)22-24-11-14-27(15-12-24)34-20-19-32-17-7-2-3-8-18-32/h4-6,9-16,21H,2-3,7-8,17-20,22H2,1H3. The van der Waals surface area contributed by atoms with E-state index in [4.69, 9.17) is 16.3 Å².